The molecule has 2 heteroatoms. The summed E-state index contributed by atoms with van der Waals surface area (Å²) in [7, 11) is 0. The van der Waals surface area contributed by atoms with Crippen molar-refractivity contribution in [1.29, 1.82) is 0 Å². The van der Waals surface area contributed by atoms with Crippen molar-refractivity contribution in [3.8, 4) is 33.4 Å². The van der Waals surface area contributed by atoms with Crippen molar-refractivity contribution < 1.29 is 4.42 Å². The van der Waals surface area contributed by atoms with Crippen LogP contribution in [0.1, 0.15) is 0 Å². The van der Waals surface area contributed by atoms with Gasteiger partial charge in [0.25, 0.3) is 0 Å². The van der Waals surface area contributed by atoms with Crippen molar-refractivity contribution in [2.45, 2.75) is 0 Å². The van der Waals surface area contributed by atoms with E-state index in [-0.39, 0.29) is 0 Å². The second kappa shape index (κ2) is 10.6. The van der Waals surface area contributed by atoms with Gasteiger partial charge in [-0.05, 0) is 102 Å². The summed E-state index contributed by atoms with van der Waals surface area (Å²) >= 11 is 1.89. The largest absolute Gasteiger partial charge is 0.456 e. The minimum absolute atomic E-state index is 0.910. The molecule has 2 heterocycles. The van der Waals surface area contributed by atoms with Crippen LogP contribution in [0.15, 0.2) is 174 Å². The van der Waals surface area contributed by atoms with E-state index in [0.29, 0.717) is 0 Å². The number of benzene rings is 9. The summed E-state index contributed by atoms with van der Waals surface area (Å²) in [6.07, 6.45) is 0. The molecule has 0 spiro atoms. The molecule has 11 rings (SSSR count). The van der Waals surface area contributed by atoms with Gasteiger partial charge in [0.05, 0.1) is 0 Å². The number of hydrogen-bond acceptors (Lipinski definition) is 2. The van der Waals surface area contributed by atoms with E-state index >= 15 is 0 Å². The van der Waals surface area contributed by atoms with Crippen LogP contribution in [0.4, 0.5) is 0 Å². The zero-order chi connectivity index (χ0) is 32.8. The van der Waals surface area contributed by atoms with E-state index in [1.807, 2.05) is 17.4 Å². The SMILES string of the molecule is c1ccc(-c2ccc3c(-c4cc5sc6ccccc6c5c5ccccc45)c4ccccc4c(-c4ccc5oc6ccccc6c5c4)c3c2)cc1. The van der Waals surface area contributed by atoms with Gasteiger partial charge in [0.15, 0.2) is 0 Å². The van der Waals surface area contributed by atoms with Crippen LogP contribution < -0.4 is 0 Å². The average molecular weight is 653 g/mol. The summed E-state index contributed by atoms with van der Waals surface area (Å²) in [6.45, 7) is 0. The van der Waals surface area contributed by atoms with Crippen molar-refractivity contribution in [1.82, 2.24) is 0 Å². The van der Waals surface area contributed by atoms with Gasteiger partial charge < -0.3 is 4.42 Å². The third kappa shape index (κ3) is 4.00. The molecule has 0 aliphatic carbocycles. The second-order valence-electron chi connectivity index (χ2n) is 13.2. The van der Waals surface area contributed by atoms with E-state index in [1.54, 1.807) is 0 Å². The summed E-state index contributed by atoms with van der Waals surface area (Å²) < 4.78 is 8.91. The molecule has 2 aromatic heterocycles. The van der Waals surface area contributed by atoms with Gasteiger partial charge in [-0.25, -0.2) is 0 Å². The fourth-order valence-corrected chi connectivity index (χ4v) is 9.43. The molecule has 0 aliphatic rings. The van der Waals surface area contributed by atoms with E-state index in [9.17, 15) is 0 Å². The highest BCUT2D eigenvalue weighted by atomic mass is 32.1. The highest BCUT2D eigenvalue weighted by Gasteiger charge is 2.21. The minimum Gasteiger partial charge on any atom is -0.456 e. The number of hydrogen-bond donors (Lipinski definition) is 0. The van der Waals surface area contributed by atoms with Gasteiger partial charge in [0.2, 0.25) is 0 Å². The maximum atomic E-state index is 6.27. The first-order chi connectivity index (χ1) is 24.8. The Morgan fingerprint density at radius 3 is 1.76 bits per heavy atom. The highest BCUT2D eigenvalue weighted by Crippen LogP contribution is 2.49. The van der Waals surface area contributed by atoms with Gasteiger partial charge in [-0.15, -0.1) is 11.3 Å². The molecular weight excluding hydrogens is 625 g/mol. The Kier molecular flexibility index (Phi) is 5.89. The quantitative estimate of drug-likeness (QED) is 0.173. The lowest BCUT2D eigenvalue weighted by molar-refractivity contribution is 0.669. The van der Waals surface area contributed by atoms with E-state index in [0.717, 1.165) is 21.9 Å². The molecule has 0 atom stereocenters. The Morgan fingerprint density at radius 1 is 0.320 bits per heavy atom. The van der Waals surface area contributed by atoms with Crippen LogP contribution in [0, 0.1) is 0 Å². The highest BCUT2D eigenvalue weighted by molar-refractivity contribution is 7.26. The van der Waals surface area contributed by atoms with Gasteiger partial charge in [-0.1, -0.05) is 133 Å². The molecule has 0 radical (unpaired) electrons. The monoisotopic (exact) mass is 652 g/mol. The lowest BCUT2D eigenvalue weighted by atomic mass is 9.83. The molecule has 0 bridgehead atoms. The lowest BCUT2D eigenvalue weighted by Gasteiger charge is -2.20. The molecule has 11 aromatic rings. The zero-order valence-electron chi connectivity index (χ0n) is 27.0. The van der Waals surface area contributed by atoms with E-state index < -0.39 is 0 Å². The Hall–Kier alpha value is -6.22. The standard InChI is InChI=1S/C48H28OS/c1-2-12-29(13-3-1)30-22-24-37-40(26-30)46(31-23-25-43-39(27-31)33-15-8-10-20-42(33)49-43)35-17-6-7-18-36(35)47(37)41-28-45-48(34-16-5-4-14-32(34)41)38-19-9-11-21-44(38)50-45/h1-28H. The first kappa shape index (κ1) is 27.7. The summed E-state index contributed by atoms with van der Waals surface area (Å²) in [5.74, 6) is 0. The Balaban J connectivity index is 1.30. The van der Waals surface area contributed by atoms with Gasteiger partial charge >= 0.3 is 0 Å². The summed E-state index contributed by atoms with van der Waals surface area (Å²) in [5, 5.41) is 12.5. The summed E-state index contributed by atoms with van der Waals surface area (Å²) in [5.41, 5.74) is 9.24. The fraction of sp³-hybridized carbons (Fsp3) is 0. The van der Waals surface area contributed by atoms with Crippen molar-refractivity contribution in [2.24, 2.45) is 0 Å². The first-order valence-electron chi connectivity index (χ1n) is 17.1. The maximum absolute atomic E-state index is 6.27. The van der Waals surface area contributed by atoms with E-state index in [1.165, 1.54) is 85.9 Å². The van der Waals surface area contributed by atoms with Crippen LogP contribution in [-0.4, -0.2) is 0 Å². The Bertz CT molecular complexity index is 3140. The summed E-state index contributed by atoms with van der Waals surface area (Å²) in [6, 6.07) is 62.1. The molecule has 232 valence electrons. The van der Waals surface area contributed by atoms with Crippen molar-refractivity contribution in [2.75, 3.05) is 0 Å². The summed E-state index contributed by atoms with van der Waals surface area (Å²) in [4.78, 5) is 0. The maximum Gasteiger partial charge on any atom is 0.135 e. The van der Waals surface area contributed by atoms with Crippen LogP contribution in [-0.2, 0) is 0 Å². The van der Waals surface area contributed by atoms with Crippen LogP contribution in [0.25, 0.3) is 108 Å². The third-order valence-electron chi connectivity index (χ3n) is 10.5. The number of rotatable bonds is 3. The first-order valence-corrected chi connectivity index (χ1v) is 17.9. The molecule has 50 heavy (non-hydrogen) atoms. The van der Waals surface area contributed by atoms with Crippen molar-refractivity contribution >= 4 is 85.8 Å². The van der Waals surface area contributed by atoms with E-state index in [4.69, 9.17) is 4.42 Å². The van der Waals surface area contributed by atoms with Crippen LogP contribution in [0.3, 0.4) is 0 Å². The molecule has 1 nitrogen and oxygen atoms in total. The lowest BCUT2D eigenvalue weighted by Crippen LogP contribution is -1.93. The number of para-hydroxylation sites is 1. The normalized spacial score (nSPS) is 12.0. The van der Waals surface area contributed by atoms with Gasteiger partial charge in [0, 0.05) is 30.9 Å². The van der Waals surface area contributed by atoms with Crippen LogP contribution in [0.5, 0.6) is 0 Å². The van der Waals surface area contributed by atoms with Gasteiger partial charge in [0.1, 0.15) is 11.2 Å². The van der Waals surface area contributed by atoms with Crippen LogP contribution in [0.2, 0.25) is 0 Å². The molecule has 0 fully saturated rings. The molecule has 0 saturated carbocycles. The molecule has 0 saturated heterocycles. The second-order valence-corrected chi connectivity index (χ2v) is 14.3. The number of thiophene rings is 1. The predicted molar refractivity (Wildman–Crippen MR) is 215 cm³/mol. The molecule has 0 N–H and O–H groups in total. The smallest absolute Gasteiger partial charge is 0.135 e. The molecular formula is C48H28OS. The van der Waals surface area contributed by atoms with Gasteiger partial charge in [-0.2, -0.15) is 0 Å². The molecule has 0 amide bonds. The van der Waals surface area contributed by atoms with E-state index in [2.05, 4.69) is 164 Å². The fourth-order valence-electron chi connectivity index (χ4n) is 8.27. The Labute approximate surface area is 292 Å². The molecule has 0 aliphatic heterocycles. The van der Waals surface area contributed by atoms with Crippen molar-refractivity contribution in [3.63, 3.8) is 0 Å². The Morgan fingerprint density at radius 2 is 0.920 bits per heavy atom. The zero-order valence-corrected chi connectivity index (χ0v) is 27.8. The average Bonchev–Trinajstić information content (AvgIpc) is 3.75. The molecule has 0 unspecified atom stereocenters. The third-order valence-corrected chi connectivity index (χ3v) is 11.6. The van der Waals surface area contributed by atoms with Crippen LogP contribution >= 0.6 is 11.3 Å². The topological polar surface area (TPSA) is 13.1 Å². The predicted octanol–water partition coefficient (Wildman–Crippen LogP) is 14.4. The molecule has 9 aromatic carbocycles. The number of furan rings is 1. The minimum atomic E-state index is 0.910. The van der Waals surface area contributed by atoms with Crippen molar-refractivity contribution in [3.05, 3.63) is 170 Å². The van der Waals surface area contributed by atoms with Gasteiger partial charge in [-0.3, -0.25) is 0 Å². The number of fused-ring (bicyclic) bond motifs is 10.